The number of nitrogens with one attached hydrogen (secondary N) is 1. The second kappa shape index (κ2) is 4.35. The number of quaternary nitrogens is 1. The van der Waals surface area contributed by atoms with Gasteiger partial charge < -0.3 is 17.3 Å². The Bertz CT molecular complexity index is 285. The fourth-order valence-electron chi connectivity index (χ4n) is 2.41. The van der Waals surface area contributed by atoms with E-state index in [-0.39, 0.29) is 18.5 Å². The lowest BCUT2D eigenvalue weighted by Crippen LogP contribution is -3.16. The molecule has 3 aliphatic heterocycles. The lowest BCUT2D eigenvalue weighted by atomic mass is 9.86. The summed E-state index contributed by atoms with van der Waals surface area (Å²) >= 11 is 0. The molecule has 0 aromatic carbocycles. The van der Waals surface area contributed by atoms with Crippen LogP contribution < -0.4 is 17.3 Å². The lowest BCUT2D eigenvalue weighted by molar-refractivity contribution is -0.920. The van der Waals surface area contributed by atoms with Crippen molar-refractivity contribution in [3.05, 3.63) is 0 Å². The van der Waals surface area contributed by atoms with Crippen molar-refractivity contribution in [2.45, 2.75) is 18.9 Å². The van der Waals surface area contributed by atoms with Crippen LogP contribution in [-0.4, -0.2) is 40.4 Å². The maximum atomic E-state index is 10.9. The molecule has 0 aliphatic carbocycles. The fraction of sp³-hybridized carbons (Fsp3) is 1.00. The molecule has 0 aromatic rings. The van der Waals surface area contributed by atoms with Crippen molar-refractivity contribution in [3.63, 3.8) is 0 Å². The molecule has 0 aromatic heterocycles. The number of fused-ring (bicyclic) bond motifs is 3. The van der Waals surface area contributed by atoms with Gasteiger partial charge in [-0.2, -0.15) is 8.42 Å². The van der Waals surface area contributed by atoms with E-state index in [1.807, 2.05) is 0 Å². The van der Waals surface area contributed by atoms with Crippen molar-refractivity contribution < 1.29 is 29.9 Å². The molecule has 3 saturated heterocycles. The van der Waals surface area contributed by atoms with E-state index in [4.69, 9.17) is 4.18 Å². The third kappa shape index (κ3) is 2.82. The first-order valence-electron chi connectivity index (χ1n) is 4.76. The Kier molecular flexibility index (Phi) is 3.80. The zero-order chi connectivity index (χ0) is 9.47. The summed E-state index contributed by atoms with van der Waals surface area (Å²) in [4.78, 5) is 1.50. The van der Waals surface area contributed by atoms with Gasteiger partial charge in [0.2, 0.25) is 0 Å². The Morgan fingerprint density at radius 3 is 2.21 bits per heavy atom. The molecule has 0 radical (unpaired) electrons. The van der Waals surface area contributed by atoms with E-state index in [1.54, 1.807) is 0 Å². The zero-order valence-electron chi connectivity index (χ0n) is 8.20. The molecule has 84 valence electrons. The second-order valence-corrected chi connectivity index (χ2v) is 5.73. The van der Waals surface area contributed by atoms with Crippen molar-refractivity contribution in [1.82, 2.24) is 0 Å². The normalized spacial score (nSPS) is 36.5. The van der Waals surface area contributed by atoms with E-state index in [2.05, 4.69) is 0 Å². The maximum absolute atomic E-state index is 10.9. The van der Waals surface area contributed by atoms with Gasteiger partial charge in [0.15, 0.2) is 0 Å². The highest BCUT2D eigenvalue weighted by atomic mass is 35.5. The van der Waals surface area contributed by atoms with Crippen LogP contribution in [0, 0.1) is 5.92 Å². The van der Waals surface area contributed by atoms with Crippen molar-refractivity contribution >= 4 is 10.1 Å². The van der Waals surface area contributed by atoms with Crippen LogP contribution in [0.5, 0.6) is 0 Å². The van der Waals surface area contributed by atoms with E-state index in [9.17, 15) is 8.42 Å². The average molecular weight is 242 g/mol. The topological polar surface area (TPSA) is 47.8 Å². The molecule has 4 nitrogen and oxygen atoms in total. The van der Waals surface area contributed by atoms with E-state index in [1.165, 1.54) is 18.0 Å². The van der Waals surface area contributed by atoms with Gasteiger partial charge in [0.25, 0.3) is 10.1 Å². The minimum atomic E-state index is -3.26. The molecule has 1 unspecified atom stereocenters. The Morgan fingerprint density at radius 1 is 1.29 bits per heavy atom. The van der Waals surface area contributed by atoms with Crippen LogP contribution in [0.2, 0.25) is 0 Å². The van der Waals surface area contributed by atoms with Crippen LogP contribution in [0.15, 0.2) is 0 Å². The minimum absolute atomic E-state index is 0. The number of hydrogen-bond acceptors (Lipinski definition) is 3. The van der Waals surface area contributed by atoms with E-state index in [0.29, 0.717) is 5.92 Å². The van der Waals surface area contributed by atoms with Crippen LogP contribution in [0.1, 0.15) is 12.8 Å². The van der Waals surface area contributed by atoms with Gasteiger partial charge >= 0.3 is 0 Å². The third-order valence-corrected chi connectivity index (χ3v) is 3.65. The molecule has 0 saturated carbocycles. The van der Waals surface area contributed by atoms with Crippen LogP contribution in [0.3, 0.4) is 0 Å². The summed E-state index contributed by atoms with van der Waals surface area (Å²) in [7, 11) is -3.26. The molecule has 3 aliphatic rings. The highest BCUT2D eigenvalue weighted by Gasteiger charge is 2.39. The highest BCUT2D eigenvalue weighted by molar-refractivity contribution is 7.86. The molecule has 1 N–H and O–H groups in total. The van der Waals surface area contributed by atoms with Gasteiger partial charge in [-0.15, -0.1) is 0 Å². The number of halogens is 1. The van der Waals surface area contributed by atoms with Gasteiger partial charge in [-0.3, -0.25) is 4.18 Å². The third-order valence-electron chi connectivity index (χ3n) is 3.05. The molecule has 3 heterocycles. The summed E-state index contributed by atoms with van der Waals surface area (Å²) in [5.41, 5.74) is 0. The molecule has 3 fully saturated rings. The Labute approximate surface area is 91.1 Å². The predicted molar refractivity (Wildman–Crippen MR) is 48.0 cm³/mol. The SMILES string of the molecule is CS(=O)(=O)OC1C[NH+]2CCC1CC2.[Cl-]. The predicted octanol–water partition coefficient (Wildman–Crippen LogP) is -4.36. The van der Waals surface area contributed by atoms with Gasteiger partial charge in [-0.1, -0.05) is 0 Å². The summed E-state index contributed by atoms with van der Waals surface area (Å²) in [5.74, 6) is 0.479. The summed E-state index contributed by atoms with van der Waals surface area (Å²) in [6.45, 7) is 3.25. The maximum Gasteiger partial charge on any atom is 0.264 e. The molecule has 2 bridgehead atoms. The first-order chi connectivity index (χ1) is 6.04. The number of piperidine rings is 3. The molecule has 0 spiro atoms. The van der Waals surface area contributed by atoms with Crippen molar-refractivity contribution in [2.24, 2.45) is 5.92 Å². The van der Waals surface area contributed by atoms with Gasteiger partial charge in [0.05, 0.1) is 19.3 Å². The van der Waals surface area contributed by atoms with Gasteiger partial charge in [0, 0.05) is 18.8 Å². The Hall–Kier alpha value is 0.160. The molecule has 14 heavy (non-hydrogen) atoms. The largest absolute Gasteiger partial charge is 1.00 e. The van der Waals surface area contributed by atoms with E-state index in [0.717, 1.165) is 25.6 Å². The van der Waals surface area contributed by atoms with Gasteiger partial charge in [-0.25, -0.2) is 0 Å². The first-order valence-corrected chi connectivity index (χ1v) is 6.58. The summed E-state index contributed by atoms with van der Waals surface area (Å²) in [6, 6.07) is 0. The lowest BCUT2D eigenvalue weighted by Gasteiger charge is -2.40. The van der Waals surface area contributed by atoms with Crippen LogP contribution in [0.25, 0.3) is 0 Å². The minimum Gasteiger partial charge on any atom is -1.00 e. The zero-order valence-corrected chi connectivity index (χ0v) is 9.77. The second-order valence-electron chi connectivity index (χ2n) is 4.13. The number of hydrogen-bond donors (Lipinski definition) is 1. The Morgan fingerprint density at radius 2 is 1.86 bits per heavy atom. The van der Waals surface area contributed by atoms with Gasteiger partial charge in [-0.05, 0) is 0 Å². The smallest absolute Gasteiger partial charge is 0.264 e. The molecule has 1 atom stereocenters. The summed E-state index contributed by atoms with van der Waals surface area (Å²) in [6.07, 6.45) is 3.33. The molecular weight excluding hydrogens is 226 g/mol. The van der Waals surface area contributed by atoms with Crippen molar-refractivity contribution in [1.29, 1.82) is 0 Å². The molecular formula is C8H16ClNO3S. The van der Waals surface area contributed by atoms with Crippen LogP contribution in [0.4, 0.5) is 0 Å². The Balaban J connectivity index is 0.000000980. The average Bonchev–Trinajstić information content (AvgIpc) is 2.03. The van der Waals surface area contributed by atoms with Crippen LogP contribution >= 0.6 is 0 Å². The summed E-state index contributed by atoms with van der Waals surface area (Å²) < 4.78 is 27.0. The first kappa shape index (κ1) is 12.2. The molecule has 6 heteroatoms. The number of rotatable bonds is 2. The highest BCUT2D eigenvalue weighted by Crippen LogP contribution is 2.21. The van der Waals surface area contributed by atoms with E-state index >= 15 is 0 Å². The molecule has 3 rings (SSSR count). The van der Waals surface area contributed by atoms with E-state index < -0.39 is 10.1 Å². The standard InChI is InChI=1S/C8H15NO3S.ClH/c1-13(10,11)12-8-6-9-4-2-7(8)3-5-9;/h7-8H,2-6H2,1H3;1H. The monoisotopic (exact) mass is 241 g/mol. The van der Waals surface area contributed by atoms with Gasteiger partial charge in [0.1, 0.15) is 12.6 Å². The summed E-state index contributed by atoms with van der Waals surface area (Å²) in [5, 5.41) is 0. The fourth-order valence-corrected chi connectivity index (χ4v) is 3.09. The molecule has 0 amide bonds. The quantitative estimate of drug-likeness (QED) is 0.497. The van der Waals surface area contributed by atoms with Crippen molar-refractivity contribution in [3.8, 4) is 0 Å². The van der Waals surface area contributed by atoms with Crippen LogP contribution in [-0.2, 0) is 14.3 Å². The van der Waals surface area contributed by atoms with Crippen molar-refractivity contribution in [2.75, 3.05) is 25.9 Å².